The Morgan fingerprint density at radius 2 is 1.19 bits per heavy atom. The van der Waals surface area contributed by atoms with E-state index in [0.717, 1.165) is 33.0 Å². The van der Waals surface area contributed by atoms with Gasteiger partial charge in [-0.2, -0.15) is 0 Å². The Bertz CT molecular complexity index is 2550. The van der Waals surface area contributed by atoms with Crippen molar-refractivity contribution >= 4 is 43.5 Å². The van der Waals surface area contributed by atoms with Crippen molar-refractivity contribution < 1.29 is 9.15 Å². The van der Waals surface area contributed by atoms with Gasteiger partial charge in [-0.3, -0.25) is 9.59 Å². The Hall–Kier alpha value is -5.68. The number of nitrogens with zero attached hydrogens (tertiary/aromatic N) is 1. The smallest absolute Gasteiger partial charge is 0.266 e. The molecule has 230 valence electrons. The number of benzene rings is 6. The SMILES string of the molecule is CC(C)c1cccc(C(C)C)c1-n1c(=O)c2cc(-c3ccccc3)c3oc4ccccc4c4c(Oc5ccccc5)cc(c1=O)c2c34. The Balaban J connectivity index is 1.64. The molecule has 0 amide bonds. The van der Waals surface area contributed by atoms with Crippen LogP contribution in [0.1, 0.15) is 50.7 Å². The maximum absolute atomic E-state index is 14.9. The van der Waals surface area contributed by atoms with Crippen molar-refractivity contribution in [2.45, 2.75) is 39.5 Å². The van der Waals surface area contributed by atoms with Gasteiger partial charge in [0.2, 0.25) is 0 Å². The summed E-state index contributed by atoms with van der Waals surface area (Å²) in [5, 5.41) is 3.78. The van der Waals surface area contributed by atoms with Crippen molar-refractivity contribution in [2.24, 2.45) is 0 Å². The molecule has 0 aliphatic carbocycles. The third-order valence-electron chi connectivity index (χ3n) is 9.18. The topological polar surface area (TPSA) is 61.4 Å². The Morgan fingerprint density at radius 1 is 0.596 bits per heavy atom. The number of rotatable bonds is 6. The molecule has 5 heteroatoms. The number of hydrogen-bond acceptors (Lipinski definition) is 4. The van der Waals surface area contributed by atoms with E-state index in [-0.39, 0.29) is 23.0 Å². The van der Waals surface area contributed by atoms with Crippen LogP contribution in [0.3, 0.4) is 0 Å². The molecule has 0 fully saturated rings. The van der Waals surface area contributed by atoms with E-state index < -0.39 is 0 Å². The summed E-state index contributed by atoms with van der Waals surface area (Å²) < 4.78 is 14.8. The predicted octanol–water partition coefficient (Wildman–Crippen LogP) is 10.5. The first-order valence-electron chi connectivity index (χ1n) is 16.1. The minimum Gasteiger partial charge on any atom is -0.457 e. The van der Waals surface area contributed by atoms with Crippen LogP contribution in [0, 0.1) is 0 Å². The number of pyridine rings is 1. The van der Waals surface area contributed by atoms with Gasteiger partial charge in [-0.15, -0.1) is 0 Å². The molecule has 0 unspecified atom stereocenters. The predicted molar refractivity (Wildman–Crippen MR) is 192 cm³/mol. The third-order valence-corrected chi connectivity index (χ3v) is 9.18. The summed E-state index contributed by atoms with van der Waals surface area (Å²) >= 11 is 0. The second-order valence-corrected chi connectivity index (χ2v) is 12.8. The highest BCUT2D eigenvalue weighted by molar-refractivity contribution is 6.30. The second kappa shape index (κ2) is 11.0. The molecular formula is C42H33NO4. The first-order chi connectivity index (χ1) is 22.8. The lowest BCUT2D eigenvalue weighted by atomic mass is 9.90. The molecule has 2 heterocycles. The number of ether oxygens (including phenoxy) is 1. The van der Waals surface area contributed by atoms with Crippen molar-refractivity contribution in [3.63, 3.8) is 0 Å². The van der Waals surface area contributed by atoms with Gasteiger partial charge in [-0.25, -0.2) is 4.57 Å². The molecule has 0 N–H and O–H groups in total. The Labute approximate surface area is 271 Å². The van der Waals surface area contributed by atoms with Crippen LogP contribution in [-0.2, 0) is 0 Å². The lowest BCUT2D eigenvalue weighted by Crippen LogP contribution is -2.34. The normalized spacial score (nSPS) is 12.0. The summed E-state index contributed by atoms with van der Waals surface area (Å²) in [4.78, 5) is 29.8. The van der Waals surface area contributed by atoms with E-state index in [2.05, 4.69) is 27.7 Å². The molecule has 5 nitrogen and oxygen atoms in total. The molecule has 0 aliphatic rings. The summed E-state index contributed by atoms with van der Waals surface area (Å²) in [7, 11) is 0. The van der Waals surface area contributed by atoms with Gasteiger partial charge in [0.15, 0.2) is 0 Å². The van der Waals surface area contributed by atoms with Gasteiger partial charge in [0.05, 0.1) is 11.1 Å². The van der Waals surface area contributed by atoms with Crippen LogP contribution in [0.4, 0.5) is 0 Å². The van der Waals surface area contributed by atoms with E-state index in [4.69, 9.17) is 9.15 Å². The number of aromatic nitrogens is 1. The zero-order chi connectivity index (χ0) is 32.4. The van der Waals surface area contributed by atoms with Gasteiger partial charge in [-0.05, 0) is 58.9 Å². The summed E-state index contributed by atoms with van der Waals surface area (Å²) in [5.41, 5.74) is 4.81. The fourth-order valence-electron chi connectivity index (χ4n) is 7.00. The Morgan fingerprint density at radius 3 is 1.85 bits per heavy atom. The van der Waals surface area contributed by atoms with Crippen molar-refractivity contribution in [2.75, 3.05) is 0 Å². The Kier molecular flexibility index (Phi) is 6.73. The molecule has 0 saturated heterocycles. The lowest BCUT2D eigenvalue weighted by molar-refractivity contribution is 0.489. The molecule has 0 aliphatic heterocycles. The van der Waals surface area contributed by atoms with Crippen molar-refractivity contribution in [3.05, 3.63) is 147 Å². The van der Waals surface area contributed by atoms with Crippen molar-refractivity contribution in [1.29, 1.82) is 0 Å². The van der Waals surface area contributed by atoms with Crippen LogP contribution in [0.15, 0.2) is 129 Å². The van der Waals surface area contributed by atoms with Crippen LogP contribution < -0.4 is 15.9 Å². The van der Waals surface area contributed by atoms with Gasteiger partial charge < -0.3 is 9.15 Å². The van der Waals surface area contributed by atoms with Crippen LogP contribution in [0.5, 0.6) is 11.5 Å². The molecule has 47 heavy (non-hydrogen) atoms. The molecule has 0 spiro atoms. The first kappa shape index (κ1) is 28.8. The molecule has 2 aromatic heterocycles. The standard InChI is InChI=1S/C42H33NO4/c1-24(2)28-19-13-20-29(25(3)4)39(28)43-41(44)32-22-31(26-14-7-5-8-15-26)40-38-36(32)33(42(43)45)23-35(46-27-16-9-6-10-17-27)37(38)30-18-11-12-21-34(30)47-40/h5-25H,1-4H3. The quantitative estimate of drug-likeness (QED) is 0.138. The van der Waals surface area contributed by atoms with Crippen LogP contribution >= 0.6 is 0 Å². The monoisotopic (exact) mass is 615 g/mol. The summed E-state index contributed by atoms with van der Waals surface area (Å²) in [6.07, 6.45) is 0. The highest BCUT2D eigenvalue weighted by atomic mass is 16.5. The van der Waals surface area contributed by atoms with Gasteiger partial charge in [0, 0.05) is 32.5 Å². The van der Waals surface area contributed by atoms with E-state index in [1.54, 1.807) is 0 Å². The summed E-state index contributed by atoms with van der Waals surface area (Å²) in [5.74, 6) is 1.34. The average Bonchev–Trinajstić information content (AvgIpc) is 3.09. The first-order valence-corrected chi connectivity index (χ1v) is 16.1. The molecule has 0 saturated carbocycles. The molecule has 8 aromatic rings. The maximum atomic E-state index is 14.9. The molecule has 0 radical (unpaired) electrons. The van der Waals surface area contributed by atoms with E-state index in [0.29, 0.717) is 49.9 Å². The van der Waals surface area contributed by atoms with Crippen molar-refractivity contribution in [3.8, 4) is 28.3 Å². The van der Waals surface area contributed by atoms with E-state index >= 15 is 0 Å². The maximum Gasteiger partial charge on any atom is 0.266 e. The molecule has 0 bridgehead atoms. The lowest BCUT2D eigenvalue weighted by Gasteiger charge is -2.23. The minimum atomic E-state index is -0.376. The van der Waals surface area contributed by atoms with Gasteiger partial charge >= 0.3 is 0 Å². The zero-order valence-electron chi connectivity index (χ0n) is 26.7. The van der Waals surface area contributed by atoms with Gasteiger partial charge in [-0.1, -0.05) is 113 Å². The summed E-state index contributed by atoms with van der Waals surface area (Å²) in [6.45, 7) is 8.37. The fraction of sp³-hybridized carbons (Fsp3) is 0.143. The van der Waals surface area contributed by atoms with Crippen molar-refractivity contribution in [1.82, 2.24) is 4.57 Å². The highest BCUT2D eigenvalue weighted by Gasteiger charge is 2.27. The minimum absolute atomic E-state index is 0.0859. The van der Waals surface area contributed by atoms with Crippen LogP contribution in [0.2, 0.25) is 0 Å². The fourth-order valence-corrected chi connectivity index (χ4v) is 7.00. The van der Waals surface area contributed by atoms with Crippen LogP contribution in [0.25, 0.3) is 60.3 Å². The summed E-state index contributed by atoms with van der Waals surface area (Å²) in [6, 6.07) is 37.1. The number of fused-ring (bicyclic) bond motifs is 2. The number of hydrogen-bond donors (Lipinski definition) is 0. The largest absolute Gasteiger partial charge is 0.457 e. The van der Waals surface area contributed by atoms with E-state index in [1.807, 2.05) is 115 Å². The third kappa shape index (κ3) is 4.45. The highest BCUT2D eigenvalue weighted by Crippen LogP contribution is 2.46. The molecule has 8 rings (SSSR count). The van der Waals surface area contributed by atoms with E-state index in [9.17, 15) is 9.59 Å². The average molecular weight is 616 g/mol. The zero-order valence-corrected chi connectivity index (χ0v) is 26.7. The molecular weight excluding hydrogens is 582 g/mol. The second-order valence-electron chi connectivity index (χ2n) is 12.8. The van der Waals surface area contributed by atoms with Gasteiger partial charge in [0.1, 0.15) is 22.7 Å². The van der Waals surface area contributed by atoms with Gasteiger partial charge in [0.25, 0.3) is 11.1 Å². The molecule has 6 aromatic carbocycles. The van der Waals surface area contributed by atoms with Crippen LogP contribution in [-0.4, -0.2) is 4.57 Å². The molecule has 0 atom stereocenters. The van der Waals surface area contributed by atoms with E-state index in [1.165, 1.54) is 4.57 Å². The number of para-hydroxylation sites is 3.